The first-order chi connectivity index (χ1) is 13.1. The number of benzene rings is 1. The summed E-state index contributed by atoms with van der Waals surface area (Å²) in [5.41, 5.74) is 1.65. The zero-order chi connectivity index (χ0) is 18.8. The molecule has 0 aliphatic carbocycles. The number of fused-ring (bicyclic) bond motifs is 4. The van der Waals surface area contributed by atoms with Crippen LogP contribution < -0.4 is 0 Å². The molecule has 1 aromatic heterocycles. The molecule has 5 nitrogen and oxygen atoms in total. The lowest BCUT2D eigenvalue weighted by Gasteiger charge is -2.36. The predicted octanol–water partition coefficient (Wildman–Crippen LogP) is 2.59. The molecule has 142 valence electrons. The Balaban J connectivity index is 1.43. The summed E-state index contributed by atoms with van der Waals surface area (Å²) in [5, 5.41) is 9.32. The third-order valence-electron chi connectivity index (χ3n) is 5.59. The summed E-state index contributed by atoms with van der Waals surface area (Å²) in [4.78, 5) is 21.7. The molecule has 1 N–H and O–H groups in total. The van der Waals surface area contributed by atoms with E-state index in [4.69, 9.17) is 0 Å². The Morgan fingerprint density at radius 2 is 2.07 bits per heavy atom. The van der Waals surface area contributed by atoms with Crippen LogP contribution >= 0.6 is 0 Å². The molecule has 4 heterocycles. The quantitative estimate of drug-likeness (QED) is 0.900. The number of amides is 1. The Morgan fingerprint density at radius 3 is 2.85 bits per heavy atom. The third-order valence-corrected chi connectivity index (χ3v) is 5.59. The molecule has 5 rings (SSSR count). The Morgan fingerprint density at radius 1 is 1.19 bits per heavy atom. The number of hydrogen-bond donors (Lipinski definition) is 1. The van der Waals surface area contributed by atoms with Gasteiger partial charge in [0.05, 0.1) is 12.1 Å². The second-order valence-electron chi connectivity index (χ2n) is 7.62. The standard InChI is InChI=1S/C21H24FN3O2/c22-19-9-15(5-7-20(19)26)10-21(27)25-12-16-4-6-18(25)14-24(11-16)13-17-3-1-2-8-23-17/h1-3,5,7-9,16,18,26H,4,6,10-14H2/t16-,18+/m0/s1. The number of phenolic OH excluding ortho intramolecular Hbond substituents is 1. The zero-order valence-corrected chi connectivity index (χ0v) is 15.2. The van der Waals surface area contributed by atoms with Gasteiger partial charge in [0.1, 0.15) is 0 Å². The van der Waals surface area contributed by atoms with E-state index in [0.29, 0.717) is 11.5 Å². The van der Waals surface area contributed by atoms with E-state index in [1.54, 1.807) is 6.07 Å². The summed E-state index contributed by atoms with van der Waals surface area (Å²) in [6.07, 6.45) is 4.13. The van der Waals surface area contributed by atoms with Crippen molar-refractivity contribution < 1.29 is 14.3 Å². The van der Waals surface area contributed by atoms with Crippen LogP contribution in [0.2, 0.25) is 0 Å². The van der Waals surface area contributed by atoms with Crippen molar-refractivity contribution in [1.29, 1.82) is 0 Å². The van der Waals surface area contributed by atoms with E-state index >= 15 is 0 Å². The highest BCUT2D eigenvalue weighted by Crippen LogP contribution is 2.29. The molecule has 2 atom stereocenters. The zero-order valence-electron chi connectivity index (χ0n) is 15.2. The van der Waals surface area contributed by atoms with Crippen LogP contribution in [0.1, 0.15) is 24.1 Å². The summed E-state index contributed by atoms with van der Waals surface area (Å²) in [6.45, 7) is 3.40. The second-order valence-corrected chi connectivity index (χ2v) is 7.62. The third kappa shape index (κ3) is 4.11. The minimum atomic E-state index is -0.681. The van der Waals surface area contributed by atoms with E-state index < -0.39 is 5.82 Å². The van der Waals surface area contributed by atoms with Crippen molar-refractivity contribution in [2.45, 2.75) is 31.8 Å². The number of carbonyl (C=O) groups excluding carboxylic acids is 1. The smallest absolute Gasteiger partial charge is 0.227 e. The molecule has 0 saturated carbocycles. The normalized spacial score (nSPS) is 22.6. The van der Waals surface area contributed by atoms with Gasteiger partial charge in [0, 0.05) is 38.4 Å². The van der Waals surface area contributed by atoms with Gasteiger partial charge in [-0.2, -0.15) is 0 Å². The van der Waals surface area contributed by atoms with Crippen molar-refractivity contribution in [2.24, 2.45) is 5.92 Å². The lowest BCUT2D eigenvalue weighted by atomic mass is 9.94. The number of phenols is 1. The van der Waals surface area contributed by atoms with Crippen molar-refractivity contribution in [3.8, 4) is 5.75 Å². The highest BCUT2D eigenvalue weighted by Gasteiger charge is 2.37. The number of nitrogens with zero attached hydrogens (tertiary/aromatic N) is 3. The van der Waals surface area contributed by atoms with Gasteiger partial charge in [0.2, 0.25) is 5.91 Å². The topological polar surface area (TPSA) is 56.7 Å². The number of carbonyl (C=O) groups is 1. The number of hydrogen-bond acceptors (Lipinski definition) is 4. The highest BCUT2D eigenvalue weighted by molar-refractivity contribution is 5.79. The fourth-order valence-electron chi connectivity index (χ4n) is 4.27. The van der Waals surface area contributed by atoms with E-state index in [9.17, 15) is 14.3 Å². The van der Waals surface area contributed by atoms with Crippen molar-refractivity contribution in [3.05, 3.63) is 59.7 Å². The minimum Gasteiger partial charge on any atom is -0.505 e. The molecular weight excluding hydrogens is 345 g/mol. The van der Waals surface area contributed by atoms with Crippen molar-refractivity contribution in [2.75, 3.05) is 19.6 Å². The van der Waals surface area contributed by atoms with Gasteiger partial charge in [-0.3, -0.25) is 14.7 Å². The van der Waals surface area contributed by atoms with Crippen LogP contribution in [0.3, 0.4) is 0 Å². The van der Waals surface area contributed by atoms with E-state index in [1.165, 1.54) is 12.1 Å². The number of aromatic nitrogens is 1. The molecule has 3 aliphatic heterocycles. The van der Waals surface area contributed by atoms with Crippen molar-refractivity contribution in [1.82, 2.24) is 14.8 Å². The first-order valence-electron chi connectivity index (χ1n) is 9.47. The summed E-state index contributed by atoms with van der Waals surface area (Å²) >= 11 is 0. The summed E-state index contributed by atoms with van der Waals surface area (Å²) < 4.78 is 13.6. The van der Waals surface area contributed by atoms with Crippen LogP contribution in [0.4, 0.5) is 4.39 Å². The molecule has 0 radical (unpaired) electrons. The SMILES string of the molecule is O=C(Cc1ccc(O)c(F)c1)N1C[C@H]2CC[C@@H]1CN(Cc1ccccn1)C2. The van der Waals surface area contributed by atoms with Gasteiger partial charge in [-0.15, -0.1) is 0 Å². The number of aromatic hydroxyl groups is 1. The van der Waals surface area contributed by atoms with Gasteiger partial charge < -0.3 is 10.0 Å². The predicted molar refractivity (Wildman–Crippen MR) is 99.5 cm³/mol. The molecule has 27 heavy (non-hydrogen) atoms. The average Bonchev–Trinajstić information content (AvgIpc) is 2.96. The Labute approximate surface area is 158 Å². The highest BCUT2D eigenvalue weighted by atomic mass is 19.1. The first kappa shape index (κ1) is 17.9. The van der Waals surface area contributed by atoms with Crippen molar-refractivity contribution >= 4 is 5.91 Å². The number of halogens is 1. The van der Waals surface area contributed by atoms with Crippen LogP contribution in [0.5, 0.6) is 5.75 Å². The van der Waals surface area contributed by atoms with Crippen LogP contribution in [-0.2, 0) is 17.8 Å². The van der Waals surface area contributed by atoms with Crippen LogP contribution in [0.15, 0.2) is 42.6 Å². The van der Waals surface area contributed by atoms with Crippen LogP contribution in [0.25, 0.3) is 0 Å². The number of piperidine rings is 1. The van der Waals surface area contributed by atoms with Crippen LogP contribution in [0, 0.1) is 11.7 Å². The van der Waals surface area contributed by atoms with Gasteiger partial charge in [-0.25, -0.2) is 4.39 Å². The molecular formula is C21H24FN3O2. The van der Waals surface area contributed by atoms with E-state index in [-0.39, 0.29) is 24.1 Å². The molecule has 3 fully saturated rings. The minimum absolute atomic E-state index is 0.0366. The van der Waals surface area contributed by atoms with E-state index in [1.807, 2.05) is 29.3 Å². The first-order valence-corrected chi connectivity index (χ1v) is 9.47. The molecule has 3 aliphatic rings. The Hall–Kier alpha value is -2.47. The van der Waals surface area contributed by atoms with Gasteiger partial charge >= 0.3 is 0 Å². The molecule has 1 amide bonds. The summed E-state index contributed by atoms with van der Waals surface area (Å²) in [6, 6.07) is 10.3. The second kappa shape index (κ2) is 7.64. The summed E-state index contributed by atoms with van der Waals surface area (Å²) in [7, 11) is 0. The molecule has 3 saturated heterocycles. The Kier molecular flexibility index (Phi) is 5.07. The Bertz CT molecular complexity index is 814. The van der Waals surface area contributed by atoms with Gasteiger partial charge in [-0.05, 0) is 48.6 Å². The van der Waals surface area contributed by atoms with Crippen LogP contribution in [-0.4, -0.2) is 51.5 Å². The maximum Gasteiger partial charge on any atom is 0.227 e. The number of pyridine rings is 1. The van der Waals surface area contributed by atoms with Gasteiger partial charge in [-0.1, -0.05) is 12.1 Å². The fourth-order valence-corrected chi connectivity index (χ4v) is 4.27. The lowest BCUT2D eigenvalue weighted by Crippen LogP contribution is -2.48. The molecule has 6 heteroatoms. The molecule has 2 aromatic rings. The monoisotopic (exact) mass is 369 g/mol. The summed E-state index contributed by atoms with van der Waals surface area (Å²) in [5.74, 6) is -0.563. The lowest BCUT2D eigenvalue weighted by molar-refractivity contribution is -0.134. The average molecular weight is 369 g/mol. The van der Waals surface area contributed by atoms with E-state index in [2.05, 4.69) is 9.88 Å². The fraction of sp³-hybridized carbons (Fsp3) is 0.429. The molecule has 1 aromatic carbocycles. The molecule has 0 spiro atoms. The maximum absolute atomic E-state index is 13.6. The number of rotatable bonds is 4. The van der Waals surface area contributed by atoms with E-state index in [0.717, 1.165) is 44.7 Å². The van der Waals surface area contributed by atoms with Gasteiger partial charge in [0.15, 0.2) is 11.6 Å². The van der Waals surface area contributed by atoms with Crippen molar-refractivity contribution in [3.63, 3.8) is 0 Å². The molecule has 2 bridgehead atoms. The largest absolute Gasteiger partial charge is 0.505 e. The van der Waals surface area contributed by atoms with Gasteiger partial charge in [0.25, 0.3) is 0 Å². The molecule has 0 unspecified atom stereocenters. The maximum atomic E-state index is 13.6.